The van der Waals surface area contributed by atoms with Gasteiger partial charge in [-0.2, -0.15) is 0 Å². The third-order valence-electron chi connectivity index (χ3n) is 3.67. The van der Waals surface area contributed by atoms with Crippen molar-refractivity contribution in [2.24, 2.45) is 5.92 Å². The van der Waals surface area contributed by atoms with E-state index in [0.717, 1.165) is 32.2 Å². The molecule has 4 nitrogen and oxygen atoms in total. The van der Waals surface area contributed by atoms with E-state index in [0.29, 0.717) is 5.92 Å². The molecule has 1 saturated heterocycles. The van der Waals surface area contributed by atoms with Crippen LogP contribution in [0.1, 0.15) is 46.5 Å². The van der Waals surface area contributed by atoms with Crippen molar-refractivity contribution in [1.29, 1.82) is 0 Å². The van der Waals surface area contributed by atoms with Gasteiger partial charge in [0.25, 0.3) is 0 Å². The number of hydrogen-bond acceptors (Lipinski definition) is 2. The summed E-state index contributed by atoms with van der Waals surface area (Å²) in [5.41, 5.74) is 0. The predicted octanol–water partition coefficient (Wildman–Crippen LogP) is 1.98. The van der Waals surface area contributed by atoms with Crippen molar-refractivity contribution in [3.8, 4) is 0 Å². The fourth-order valence-electron chi connectivity index (χ4n) is 2.42. The maximum Gasteiger partial charge on any atom is 0.317 e. The van der Waals surface area contributed by atoms with Gasteiger partial charge in [0.2, 0.25) is 0 Å². The van der Waals surface area contributed by atoms with E-state index in [1.54, 1.807) is 4.90 Å². The monoisotopic (exact) mass is 242 g/mol. The number of aliphatic hydroxyl groups is 1. The highest BCUT2D eigenvalue weighted by Crippen LogP contribution is 2.17. The molecule has 0 saturated carbocycles. The van der Waals surface area contributed by atoms with Crippen molar-refractivity contribution >= 4 is 6.03 Å². The second kappa shape index (κ2) is 6.84. The van der Waals surface area contributed by atoms with E-state index in [-0.39, 0.29) is 24.7 Å². The average Bonchev–Trinajstić information content (AvgIpc) is 2.76. The number of carbonyl (C=O) groups excluding carboxylic acids is 1. The summed E-state index contributed by atoms with van der Waals surface area (Å²) in [6.45, 7) is 7.27. The van der Waals surface area contributed by atoms with E-state index in [9.17, 15) is 9.90 Å². The van der Waals surface area contributed by atoms with Crippen molar-refractivity contribution in [3.05, 3.63) is 0 Å². The lowest BCUT2D eigenvalue weighted by atomic mass is 10.0. The van der Waals surface area contributed by atoms with Crippen LogP contribution in [-0.4, -0.2) is 41.3 Å². The van der Waals surface area contributed by atoms with Gasteiger partial charge in [-0.05, 0) is 32.1 Å². The van der Waals surface area contributed by atoms with E-state index < -0.39 is 0 Å². The molecule has 0 bridgehead atoms. The minimum Gasteiger partial charge on any atom is -0.394 e. The molecule has 1 rings (SSSR count). The Bertz CT molecular complexity index is 246. The summed E-state index contributed by atoms with van der Waals surface area (Å²) < 4.78 is 0. The number of urea groups is 1. The number of hydrogen-bond donors (Lipinski definition) is 2. The van der Waals surface area contributed by atoms with Crippen molar-refractivity contribution in [3.63, 3.8) is 0 Å². The summed E-state index contributed by atoms with van der Waals surface area (Å²) in [5, 5.41) is 12.2. The topological polar surface area (TPSA) is 52.6 Å². The normalized spacial score (nSPS) is 23.5. The highest BCUT2D eigenvalue weighted by Gasteiger charge is 2.28. The van der Waals surface area contributed by atoms with Gasteiger partial charge in [0.05, 0.1) is 12.6 Å². The highest BCUT2D eigenvalue weighted by molar-refractivity contribution is 5.75. The zero-order chi connectivity index (χ0) is 12.8. The Morgan fingerprint density at radius 1 is 1.53 bits per heavy atom. The molecular formula is C13H26N2O2. The van der Waals surface area contributed by atoms with Crippen LogP contribution in [0, 0.1) is 5.92 Å². The molecule has 0 spiro atoms. The molecule has 0 aliphatic carbocycles. The maximum atomic E-state index is 12.0. The van der Waals surface area contributed by atoms with Crippen LogP contribution in [0.5, 0.6) is 0 Å². The fourth-order valence-corrected chi connectivity index (χ4v) is 2.42. The summed E-state index contributed by atoms with van der Waals surface area (Å²) in [7, 11) is 0. The molecular weight excluding hydrogens is 216 g/mol. The van der Waals surface area contributed by atoms with Gasteiger partial charge in [-0.25, -0.2) is 4.79 Å². The number of nitrogens with zero attached hydrogens (tertiary/aromatic N) is 1. The van der Waals surface area contributed by atoms with Crippen molar-refractivity contribution in [2.45, 2.75) is 58.5 Å². The lowest BCUT2D eigenvalue weighted by Gasteiger charge is -2.26. The summed E-state index contributed by atoms with van der Waals surface area (Å²) >= 11 is 0. The largest absolute Gasteiger partial charge is 0.394 e. The van der Waals surface area contributed by atoms with E-state index >= 15 is 0 Å². The van der Waals surface area contributed by atoms with Crippen LogP contribution >= 0.6 is 0 Å². The summed E-state index contributed by atoms with van der Waals surface area (Å²) in [6.07, 6.45) is 4.07. The Morgan fingerprint density at radius 3 is 2.82 bits per heavy atom. The lowest BCUT2D eigenvalue weighted by Crippen LogP contribution is -2.47. The minimum atomic E-state index is -0.0163. The fraction of sp³-hybridized carbons (Fsp3) is 0.923. The van der Waals surface area contributed by atoms with Crippen LogP contribution in [0.4, 0.5) is 4.79 Å². The summed E-state index contributed by atoms with van der Waals surface area (Å²) in [5.74, 6) is 0.637. The molecule has 1 aliphatic heterocycles. The van der Waals surface area contributed by atoms with Crippen LogP contribution in [-0.2, 0) is 0 Å². The predicted molar refractivity (Wildman–Crippen MR) is 68.9 cm³/mol. The van der Waals surface area contributed by atoms with Gasteiger partial charge in [0.1, 0.15) is 0 Å². The smallest absolute Gasteiger partial charge is 0.317 e. The van der Waals surface area contributed by atoms with Gasteiger partial charge < -0.3 is 15.3 Å². The highest BCUT2D eigenvalue weighted by atomic mass is 16.3. The molecule has 17 heavy (non-hydrogen) atoms. The number of amides is 2. The van der Waals surface area contributed by atoms with Gasteiger partial charge >= 0.3 is 6.03 Å². The van der Waals surface area contributed by atoms with Crippen LogP contribution < -0.4 is 5.32 Å². The number of aliphatic hydroxyl groups excluding tert-OH is 1. The third-order valence-corrected chi connectivity index (χ3v) is 3.67. The first-order valence-electron chi connectivity index (χ1n) is 6.76. The zero-order valence-electron chi connectivity index (χ0n) is 11.3. The molecule has 4 heteroatoms. The van der Waals surface area contributed by atoms with Crippen molar-refractivity contribution < 1.29 is 9.90 Å². The van der Waals surface area contributed by atoms with Crippen molar-refractivity contribution in [1.82, 2.24) is 10.2 Å². The second-order valence-electron chi connectivity index (χ2n) is 5.27. The lowest BCUT2D eigenvalue weighted by molar-refractivity contribution is 0.154. The number of nitrogens with one attached hydrogen (secondary N) is 1. The molecule has 2 unspecified atom stereocenters. The Balaban J connectivity index is 2.37. The van der Waals surface area contributed by atoms with Gasteiger partial charge in [0.15, 0.2) is 0 Å². The van der Waals surface area contributed by atoms with E-state index in [2.05, 4.69) is 19.2 Å². The molecule has 3 atom stereocenters. The standard InChI is InChI=1S/C13H26N2O2/c1-4-10(2)8-11(3)14-13(17)15-7-5-6-12(15)9-16/h10-12,16H,4-9H2,1-3H3,(H,14,17)/t10?,11?,12-/m0/s1. The Kier molecular flexibility index (Phi) is 5.75. The number of rotatable bonds is 5. The molecule has 1 aliphatic rings. The van der Waals surface area contributed by atoms with Gasteiger partial charge in [-0.15, -0.1) is 0 Å². The van der Waals surface area contributed by atoms with Gasteiger partial charge in [-0.3, -0.25) is 0 Å². The van der Waals surface area contributed by atoms with E-state index in [1.807, 2.05) is 6.92 Å². The molecule has 0 aromatic heterocycles. The molecule has 0 aromatic rings. The molecule has 1 heterocycles. The molecule has 2 N–H and O–H groups in total. The Morgan fingerprint density at radius 2 is 2.24 bits per heavy atom. The van der Waals surface area contributed by atoms with Crippen LogP contribution in [0.15, 0.2) is 0 Å². The molecule has 0 aromatic carbocycles. The summed E-state index contributed by atoms with van der Waals surface area (Å²) in [4.78, 5) is 13.8. The zero-order valence-corrected chi connectivity index (χ0v) is 11.3. The third kappa shape index (κ3) is 4.19. The van der Waals surface area contributed by atoms with Crippen LogP contribution in [0.2, 0.25) is 0 Å². The first kappa shape index (κ1) is 14.3. The van der Waals surface area contributed by atoms with Crippen LogP contribution in [0.25, 0.3) is 0 Å². The van der Waals surface area contributed by atoms with Gasteiger partial charge in [0, 0.05) is 12.6 Å². The second-order valence-corrected chi connectivity index (χ2v) is 5.27. The van der Waals surface area contributed by atoms with E-state index in [4.69, 9.17) is 0 Å². The average molecular weight is 242 g/mol. The van der Waals surface area contributed by atoms with E-state index in [1.165, 1.54) is 0 Å². The maximum absolute atomic E-state index is 12.0. The van der Waals surface area contributed by atoms with Crippen LogP contribution in [0.3, 0.4) is 0 Å². The first-order chi connectivity index (χ1) is 8.08. The minimum absolute atomic E-state index is 0.0163. The van der Waals surface area contributed by atoms with Crippen molar-refractivity contribution in [2.75, 3.05) is 13.2 Å². The Labute approximate surface area is 104 Å². The van der Waals surface area contributed by atoms with Gasteiger partial charge in [-0.1, -0.05) is 20.3 Å². The molecule has 0 radical (unpaired) electrons. The SMILES string of the molecule is CCC(C)CC(C)NC(=O)N1CCC[C@H]1CO. The number of likely N-dealkylation sites (tertiary alicyclic amines) is 1. The molecule has 100 valence electrons. The first-order valence-corrected chi connectivity index (χ1v) is 6.76. The molecule has 1 fully saturated rings. The quantitative estimate of drug-likeness (QED) is 0.774. The Hall–Kier alpha value is -0.770. The molecule has 2 amide bonds. The summed E-state index contributed by atoms with van der Waals surface area (Å²) in [6, 6.07) is 0.209. The number of carbonyl (C=O) groups is 1.